The van der Waals surface area contributed by atoms with Gasteiger partial charge in [0.05, 0.1) is 11.3 Å². The molecule has 1 heterocycles. The second-order valence-corrected chi connectivity index (χ2v) is 6.49. The SMILES string of the molecule is CCCC(=O)Nc1ccccc1C(=O)N1CCC(c2ccccc2)C1. The second kappa shape index (κ2) is 7.97. The number of benzene rings is 2. The van der Waals surface area contributed by atoms with Gasteiger partial charge in [0.25, 0.3) is 5.91 Å². The molecule has 1 aliphatic heterocycles. The topological polar surface area (TPSA) is 49.4 Å². The highest BCUT2D eigenvalue weighted by atomic mass is 16.2. The molecule has 0 saturated carbocycles. The first-order valence-electron chi connectivity index (χ1n) is 8.92. The molecule has 1 atom stereocenters. The molecule has 0 bridgehead atoms. The van der Waals surface area contributed by atoms with Crippen molar-refractivity contribution >= 4 is 17.5 Å². The molecule has 1 aliphatic rings. The van der Waals surface area contributed by atoms with Crippen molar-refractivity contribution in [2.24, 2.45) is 0 Å². The lowest BCUT2D eigenvalue weighted by Crippen LogP contribution is -2.29. The van der Waals surface area contributed by atoms with E-state index in [0.29, 0.717) is 23.6 Å². The molecule has 2 aromatic rings. The van der Waals surface area contributed by atoms with Crippen LogP contribution >= 0.6 is 0 Å². The molecule has 0 aliphatic carbocycles. The minimum Gasteiger partial charge on any atom is -0.338 e. The highest BCUT2D eigenvalue weighted by Crippen LogP contribution is 2.29. The fourth-order valence-corrected chi connectivity index (χ4v) is 3.33. The molecular formula is C21H24N2O2. The first-order chi connectivity index (χ1) is 12.2. The van der Waals surface area contributed by atoms with Crippen molar-refractivity contribution in [1.82, 2.24) is 4.90 Å². The highest BCUT2D eigenvalue weighted by Gasteiger charge is 2.29. The summed E-state index contributed by atoms with van der Waals surface area (Å²) in [7, 11) is 0. The Labute approximate surface area is 148 Å². The predicted octanol–water partition coefficient (Wildman–Crippen LogP) is 4.05. The summed E-state index contributed by atoms with van der Waals surface area (Å²) in [6.07, 6.45) is 2.22. The first-order valence-corrected chi connectivity index (χ1v) is 8.92. The van der Waals surface area contributed by atoms with Crippen LogP contribution in [0.3, 0.4) is 0 Å². The molecule has 0 aromatic heterocycles. The highest BCUT2D eigenvalue weighted by molar-refractivity contribution is 6.03. The van der Waals surface area contributed by atoms with E-state index in [1.165, 1.54) is 5.56 Å². The standard InChI is InChI=1S/C21H24N2O2/c1-2-8-20(24)22-19-12-7-6-11-18(19)21(25)23-14-13-17(15-23)16-9-4-3-5-10-16/h3-7,9-12,17H,2,8,13-15H2,1H3,(H,22,24). The Morgan fingerprint density at radius 2 is 1.80 bits per heavy atom. The van der Waals surface area contributed by atoms with Crippen LogP contribution in [0, 0.1) is 0 Å². The molecule has 2 amide bonds. The summed E-state index contributed by atoms with van der Waals surface area (Å²) in [6.45, 7) is 3.43. The molecule has 1 unspecified atom stereocenters. The van der Waals surface area contributed by atoms with Crippen LogP contribution in [0.4, 0.5) is 5.69 Å². The number of rotatable bonds is 5. The third kappa shape index (κ3) is 4.08. The fraction of sp³-hybridized carbons (Fsp3) is 0.333. The number of nitrogens with zero attached hydrogens (tertiary/aromatic N) is 1. The van der Waals surface area contributed by atoms with Gasteiger partial charge in [0, 0.05) is 25.4 Å². The van der Waals surface area contributed by atoms with Gasteiger partial charge in [0.1, 0.15) is 0 Å². The number of carbonyl (C=O) groups is 2. The summed E-state index contributed by atoms with van der Waals surface area (Å²) >= 11 is 0. The molecule has 1 N–H and O–H groups in total. The average Bonchev–Trinajstić information content (AvgIpc) is 3.13. The third-order valence-corrected chi connectivity index (χ3v) is 4.66. The lowest BCUT2D eigenvalue weighted by molar-refractivity contribution is -0.116. The number of hydrogen-bond acceptors (Lipinski definition) is 2. The molecule has 1 saturated heterocycles. The molecule has 4 heteroatoms. The summed E-state index contributed by atoms with van der Waals surface area (Å²) < 4.78 is 0. The smallest absolute Gasteiger partial charge is 0.255 e. The quantitative estimate of drug-likeness (QED) is 0.895. The summed E-state index contributed by atoms with van der Waals surface area (Å²) in [6, 6.07) is 17.6. The lowest BCUT2D eigenvalue weighted by Gasteiger charge is -2.19. The Kier molecular flexibility index (Phi) is 5.49. The number of nitrogens with one attached hydrogen (secondary N) is 1. The van der Waals surface area contributed by atoms with Crippen molar-refractivity contribution in [3.05, 3.63) is 65.7 Å². The van der Waals surface area contributed by atoms with Gasteiger partial charge in [-0.1, -0.05) is 49.4 Å². The van der Waals surface area contributed by atoms with E-state index in [4.69, 9.17) is 0 Å². The van der Waals surface area contributed by atoms with Crippen LogP contribution < -0.4 is 5.32 Å². The summed E-state index contributed by atoms with van der Waals surface area (Å²) in [5, 5.41) is 2.87. The van der Waals surface area contributed by atoms with E-state index < -0.39 is 0 Å². The van der Waals surface area contributed by atoms with Crippen LogP contribution in [0.5, 0.6) is 0 Å². The van der Waals surface area contributed by atoms with E-state index in [2.05, 4.69) is 17.4 Å². The zero-order valence-electron chi connectivity index (χ0n) is 14.6. The lowest BCUT2D eigenvalue weighted by atomic mass is 9.99. The maximum Gasteiger partial charge on any atom is 0.255 e. The van der Waals surface area contributed by atoms with Crippen LogP contribution in [0.15, 0.2) is 54.6 Å². The van der Waals surface area contributed by atoms with Gasteiger partial charge in [-0.25, -0.2) is 0 Å². The Balaban J connectivity index is 1.72. The molecular weight excluding hydrogens is 312 g/mol. The van der Waals surface area contributed by atoms with Crippen molar-refractivity contribution < 1.29 is 9.59 Å². The Morgan fingerprint density at radius 1 is 1.08 bits per heavy atom. The minimum absolute atomic E-state index is 0.00849. The van der Waals surface area contributed by atoms with Crippen LogP contribution in [0.25, 0.3) is 0 Å². The summed E-state index contributed by atoms with van der Waals surface area (Å²) in [5.74, 6) is 0.323. The van der Waals surface area contributed by atoms with E-state index in [-0.39, 0.29) is 11.8 Å². The first kappa shape index (κ1) is 17.2. The molecule has 25 heavy (non-hydrogen) atoms. The van der Waals surface area contributed by atoms with Crippen molar-refractivity contribution in [2.45, 2.75) is 32.1 Å². The van der Waals surface area contributed by atoms with E-state index >= 15 is 0 Å². The van der Waals surface area contributed by atoms with E-state index in [9.17, 15) is 9.59 Å². The summed E-state index contributed by atoms with van der Waals surface area (Å²) in [5.41, 5.74) is 2.46. The molecule has 130 valence electrons. The third-order valence-electron chi connectivity index (χ3n) is 4.66. The molecule has 3 rings (SSSR count). The number of amides is 2. The zero-order chi connectivity index (χ0) is 17.6. The maximum atomic E-state index is 13.0. The van der Waals surface area contributed by atoms with Crippen molar-refractivity contribution in [3.63, 3.8) is 0 Å². The Morgan fingerprint density at radius 3 is 2.56 bits per heavy atom. The van der Waals surface area contributed by atoms with E-state index in [1.807, 2.05) is 42.2 Å². The van der Waals surface area contributed by atoms with Gasteiger partial charge in [0.2, 0.25) is 5.91 Å². The Hall–Kier alpha value is -2.62. The molecule has 1 fully saturated rings. The maximum absolute atomic E-state index is 13.0. The van der Waals surface area contributed by atoms with Crippen LogP contribution in [-0.4, -0.2) is 29.8 Å². The second-order valence-electron chi connectivity index (χ2n) is 6.49. The van der Waals surface area contributed by atoms with Crippen molar-refractivity contribution in [1.29, 1.82) is 0 Å². The average molecular weight is 336 g/mol. The van der Waals surface area contributed by atoms with Gasteiger partial charge in [-0.05, 0) is 30.5 Å². The fourth-order valence-electron chi connectivity index (χ4n) is 3.33. The predicted molar refractivity (Wildman–Crippen MR) is 99.7 cm³/mol. The molecule has 4 nitrogen and oxygen atoms in total. The van der Waals surface area contributed by atoms with Gasteiger partial charge in [-0.3, -0.25) is 9.59 Å². The van der Waals surface area contributed by atoms with E-state index in [0.717, 1.165) is 25.9 Å². The van der Waals surface area contributed by atoms with Crippen molar-refractivity contribution in [2.75, 3.05) is 18.4 Å². The van der Waals surface area contributed by atoms with Crippen LogP contribution in [0.2, 0.25) is 0 Å². The van der Waals surface area contributed by atoms with Gasteiger partial charge >= 0.3 is 0 Å². The van der Waals surface area contributed by atoms with Crippen molar-refractivity contribution in [3.8, 4) is 0 Å². The number of anilines is 1. The largest absolute Gasteiger partial charge is 0.338 e. The van der Waals surface area contributed by atoms with Gasteiger partial charge in [-0.15, -0.1) is 0 Å². The van der Waals surface area contributed by atoms with Crippen LogP contribution in [0.1, 0.15) is 48.0 Å². The number of carbonyl (C=O) groups excluding carboxylic acids is 2. The Bertz CT molecular complexity index is 743. The zero-order valence-corrected chi connectivity index (χ0v) is 14.6. The monoisotopic (exact) mass is 336 g/mol. The van der Waals surface area contributed by atoms with Gasteiger partial charge in [-0.2, -0.15) is 0 Å². The van der Waals surface area contributed by atoms with Crippen LogP contribution in [-0.2, 0) is 4.79 Å². The van der Waals surface area contributed by atoms with E-state index in [1.54, 1.807) is 12.1 Å². The number of likely N-dealkylation sites (tertiary alicyclic amines) is 1. The number of hydrogen-bond donors (Lipinski definition) is 1. The minimum atomic E-state index is -0.0497. The normalized spacial score (nSPS) is 16.7. The van der Waals surface area contributed by atoms with Gasteiger partial charge in [0.15, 0.2) is 0 Å². The number of para-hydroxylation sites is 1. The molecule has 2 aromatic carbocycles. The molecule has 0 radical (unpaired) electrons. The van der Waals surface area contributed by atoms with Gasteiger partial charge < -0.3 is 10.2 Å². The summed E-state index contributed by atoms with van der Waals surface area (Å²) in [4.78, 5) is 26.8. The molecule has 0 spiro atoms.